The number of aromatic nitrogens is 1. The van der Waals surface area contributed by atoms with Gasteiger partial charge in [0.05, 0.1) is 0 Å². The molecule has 1 aromatic rings. The number of amides is 1. The first-order valence-electron chi connectivity index (χ1n) is 8.34. The van der Waals surface area contributed by atoms with E-state index >= 15 is 0 Å². The van der Waals surface area contributed by atoms with Gasteiger partial charge < -0.3 is 15.2 Å². The molecule has 0 bridgehead atoms. The maximum atomic E-state index is 12.8. The van der Waals surface area contributed by atoms with Crippen molar-refractivity contribution in [1.82, 2.24) is 15.2 Å². The molecule has 3 rings (SSSR count). The van der Waals surface area contributed by atoms with Crippen molar-refractivity contribution in [1.29, 1.82) is 0 Å². The second-order valence-corrected chi connectivity index (χ2v) is 6.37. The van der Waals surface area contributed by atoms with E-state index in [1.54, 1.807) is 0 Å². The number of rotatable bonds is 3. The smallest absolute Gasteiger partial charge is 0.223 e. The number of piperazine rings is 1. The van der Waals surface area contributed by atoms with Crippen molar-refractivity contribution in [3.05, 3.63) is 22.5 Å². The summed E-state index contributed by atoms with van der Waals surface area (Å²) in [5, 5.41) is 3.25. The molecule has 0 saturated carbocycles. The second kappa shape index (κ2) is 6.24. The number of carbonyl (C=O) groups is 2. The van der Waals surface area contributed by atoms with E-state index < -0.39 is 0 Å². The molecular weight excluding hydrogens is 278 g/mol. The molecule has 120 valence electrons. The lowest BCUT2D eigenvalue weighted by Crippen LogP contribution is -2.47. The van der Waals surface area contributed by atoms with Crippen molar-refractivity contribution in [2.75, 3.05) is 26.2 Å². The highest BCUT2D eigenvalue weighted by Gasteiger charge is 2.33. The van der Waals surface area contributed by atoms with Gasteiger partial charge >= 0.3 is 0 Å². The van der Waals surface area contributed by atoms with Crippen LogP contribution in [0.2, 0.25) is 0 Å². The van der Waals surface area contributed by atoms with E-state index in [0.717, 1.165) is 68.0 Å². The fourth-order valence-corrected chi connectivity index (χ4v) is 3.76. The van der Waals surface area contributed by atoms with E-state index in [0.29, 0.717) is 6.42 Å². The van der Waals surface area contributed by atoms with Crippen LogP contribution in [0.1, 0.15) is 47.1 Å². The van der Waals surface area contributed by atoms with Crippen LogP contribution in [-0.4, -0.2) is 47.8 Å². The Kier molecular flexibility index (Phi) is 4.34. The lowest BCUT2D eigenvalue weighted by atomic mass is 9.82. The SMILES string of the molecule is CCc1c(C)[nH]c2c1C(=O)C(CC(=O)N1CCNCC1)CC2. The molecule has 5 heteroatoms. The Hall–Kier alpha value is -1.62. The van der Waals surface area contributed by atoms with Crippen molar-refractivity contribution in [3.8, 4) is 0 Å². The monoisotopic (exact) mass is 303 g/mol. The van der Waals surface area contributed by atoms with Gasteiger partial charge in [0.25, 0.3) is 0 Å². The Balaban J connectivity index is 1.73. The molecule has 0 radical (unpaired) electrons. The van der Waals surface area contributed by atoms with Crippen molar-refractivity contribution in [3.63, 3.8) is 0 Å². The lowest BCUT2D eigenvalue weighted by Gasteiger charge is -2.29. The van der Waals surface area contributed by atoms with Crippen LogP contribution in [0.4, 0.5) is 0 Å². The summed E-state index contributed by atoms with van der Waals surface area (Å²) in [4.78, 5) is 30.5. The molecule has 22 heavy (non-hydrogen) atoms. The summed E-state index contributed by atoms with van der Waals surface area (Å²) in [5.41, 5.74) is 4.20. The summed E-state index contributed by atoms with van der Waals surface area (Å²) < 4.78 is 0. The average Bonchev–Trinajstić information content (AvgIpc) is 2.87. The topological polar surface area (TPSA) is 65.2 Å². The maximum Gasteiger partial charge on any atom is 0.223 e. The summed E-state index contributed by atoms with van der Waals surface area (Å²) >= 11 is 0. The summed E-state index contributed by atoms with van der Waals surface area (Å²) in [6.45, 7) is 7.34. The largest absolute Gasteiger partial charge is 0.362 e. The fraction of sp³-hybridized carbons (Fsp3) is 0.647. The third-order valence-electron chi connectivity index (χ3n) is 5.00. The number of carbonyl (C=O) groups excluding carboxylic acids is 2. The van der Waals surface area contributed by atoms with Crippen molar-refractivity contribution < 1.29 is 9.59 Å². The first-order valence-corrected chi connectivity index (χ1v) is 8.34. The molecule has 2 N–H and O–H groups in total. The average molecular weight is 303 g/mol. The van der Waals surface area contributed by atoms with Crippen LogP contribution >= 0.6 is 0 Å². The molecule has 0 spiro atoms. The van der Waals surface area contributed by atoms with Crippen molar-refractivity contribution in [2.24, 2.45) is 5.92 Å². The molecule has 1 aliphatic heterocycles. The van der Waals surface area contributed by atoms with E-state index in [1.165, 1.54) is 0 Å². The zero-order chi connectivity index (χ0) is 15.7. The number of hydrogen-bond acceptors (Lipinski definition) is 3. The summed E-state index contributed by atoms with van der Waals surface area (Å²) in [6.07, 6.45) is 2.89. The van der Waals surface area contributed by atoms with Crippen LogP contribution in [0, 0.1) is 12.8 Å². The Bertz CT molecular complexity index is 585. The van der Waals surface area contributed by atoms with Gasteiger partial charge in [0.1, 0.15) is 0 Å². The predicted octanol–water partition coefficient (Wildman–Crippen LogP) is 1.45. The normalized spacial score (nSPS) is 21.8. The Morgan fingerprint density at radius 2 is 2.05 bits per heavy atom. The number of ketones is 1. The Labute approximate surface area is 131 Å². The molecule has 5 nitrogen and oxygen atoms in total. The van der Waals surface area contributed by atoms with E-state index in [2.05, 4.69) is 17.2 Å². The zero-order valence-corrected chi connectivity index (χ0v) is 13.5. The van der Waals surface area contributed by atoms with Crippen molar-refractivity contribution in [2.45, 2.75) is 39.5 Å². The standard InChI is InChI=1S/C17H25N3O2/c1-3-13-11(2)19-14-5-4-12(17(22)16(13)14)10-15(21)20-8-6-18-7-9-20/h12,18-19H,3-10H2,1-2H3. The van der Waals surface area contributed by atoms with Gasteiger partial charge in [0.2, 0.25) is 5.91 Å². The summed E-state index contributed by atoms with van der Waals surface area (Å²) in [5.74, 6) is 0.162. The number of fused-ring (bicyclic) bond motifs is 1. The number of aryl methyl sites for hydroxylation is 2. The molecule has 2 heterocycles. The summed E-state index contributed by atoms with van der Waals surface area (Å²) in [6, 6.07) is 0. The molecular formula is C17H25N3O2. The van der Waals surface area contributed by atoms with Crippen LogP contribution < -0.4 is 5.32 Å². The van der Waals surface area contributed by atoms with Gasteiger partial charge in [0.15, 0.2) is 5.78 Å². The number of H-pyrrole nitrogens is 1. The number of aromatic amines is 1. The molecule has 1 atom stereocenters. The summed E-state index contributed by atoms with van der Waals surface area (Å²) in [7, 11) is 0. The quantitative estimate of drug-likeness (QED) is 0.888. The van der Waals surface area contributed by atoms with Crippen LogP contribution in [-0.2, 0) is 17.6 Å². The highest BCUT2D eigenvalue weighted by atomic mass is 16.2. The van der Waals surface area contributed by atoms with E-state index in [4.69, 9.17) is 0 Å². The third kappa shape index (κ3) is 2.70. The minimum atomic E-state index is -0.143. The van der Waals surface area contributed by atoms with Crippen LogP contribution in [0.25, 0.3) is 0 Å². The number of Topliss-reactive ketones (excluding diaryl/α,β-unsaturated/α-hetero) is 1. The van der Waals surface area contributed by atoms with Gasteiger partial charge in [-0.1, -0.05) is 6.92 Å². The predicted molar refractivity (Wildman–Crippen MR) is 85.1 cm³/mol. The third-order valence-corrected chi connectivity index (χ3v) is 5.00. The van der Waals surface area contributed by atoms with Gasteiger partial charge in [-0.15, -0.1) is 0 Å². The highest BCUT2D eigenvalue weighted by molar-refractivity contribution is 6.03. The minimum Gasteiger partial charge on any atom is -0.362 e. The minimum absolute atomic E-state index is 0.133. The van der Waals surface area contributed by atoms with Gasteiger partial charge in [-0.3, -0.25) is 9.59 Å². The number of nitrogens with one attached hydrogen (secondary N) is 2. The molecule has 1 amide bonds. The van der Waals surface area contributed by atoms with Crippen molar-refractivity contribution >= 4 is 11.7 Å². The van der Waals surface area contributed by atoms with Gasteiger partial charge in [-0.2, -0.15) is 0 Å². The molecule has 2 aliphatic rings. The lowest BCUT2D eigenvalue weighted by molar-refractivity contribution is -0.132. The molecule has 1 aromatic heterocycles. The van der Waals surface area contributed by atoms with Crippen LogP contribution in [0.5, 0.6) is 0 Å². The first kappa shape index (κ1) is 15.3. The molecule has 1 fully saturated rings. The zero-order valence-electron chi connectivity index (χ0n) is 13.5. The van der Waals surface area contributed by atoms with E-state index in [9.17, 15) is 9.59 Å². The molecule has 1 saturated heterocycles. The van der Waals surface area contributed by atoms with Crippen LogP contribution in [0.15, 0.2) is 0 Å². The maximum absolute atomic E-state index is 12.8. The second-order valence-electron chi connectivity index (χ2n) is 6.37. The van der Waals surface area contributed by atoms with Gasteiger partial charge in [-0.05, 0) is 31.7 Å². The van der Waals surface area contributed by atoms with E-state index in [1.807, 2.05) is 11.8 Å². The Morgan fingerprint density at radius 1 is 1.32 bits per heavy atom. The first-order chi connectivity index (χ1) is 10.6. The molecule has 1 aliphatic carbocycles. The number of nitrogens with zero attached hydrogens (tertiary/aromatic N) is 1. The van der Waals surface area contributed by atoms with Gasteiger partial charge in [-0.25, -0.2) is 0 Å². The Morgan fingerprint density at radius 3 is 2.73 bits per heavy atom. The fourth-order valence-electron chi connectivity index (χ4n) is 3.76. The molecule has 1 unspecified atom stereocenters. The number of hydrogen-bond donors (Lipinski definition) is 2. The highest BCUT2D eigenvalue weighted by Crippen LogP contribution is 2.32. The molecule has 0 aromatic carbocycles. The van der Waals surface area contributed by atoms with Gasteiger partial charge in [0, 0.05) is 55.5 Å². The van der Waals surface area contributed by atoms with E-state index in [-0.39, 0.29) is 17.6 Å². The van der Waals surface area contributed by atoms with Crippen LogP contribution in [0.3, 0.4) is 0 Å².